The summed E-state index contributed by atoms with van der Waals surface area (Å²) >= 11 is 7.54. The normalized spacial score (nSPS) is 10.4. The number of ether oxygens (including phenoxy) is 2. The molecule has 0 aliphatic heterocycles. The Balaban J connectivity index is 1.65. The number of hydrogen-bond donors (Lipinski definition) is 1. The molecule has 1 N–H and O–H groups in total. The molecule has 3 aromatic carbocycles. The van der Waals surface area contributed by atoms with Gasteiger partial charge in [0.25, 0.3) is 5.91 Å². The summed E-state index contributed by atoms with van der Waals surface area (Å²) in [4.78, 5) is 28.0. The minimum atomic E-state index is -0.195. The predicted octanol–water partition coefficient (Wildman–Crippen LogP) is 5.36. The molecule has 0 aromatic heterocycles. The van der Waals surface area contributed by atoms with E-state index in [-0.39, 0.29) is 17.6 Å². The van der Waals surface area contributed by atoms with Gasteiger partial charge in [0.15, 0.2) is 11.5 Å². The van der Waals surface area contributed by atoms with Crippen LogP contribution in [-0.4, -0.2) is 43.7 Å². The van der Waals surface area contributed by atoms with Crippen LogP contribution in [0.3, 0.4) is 0 Å². The first-order valence-corrected chi connectivity index (χ1v) is 11.5. The molecule has 0 heterocycles. The lowest BCUT2D eigenvalue weighted by Crippen LogP contribution is -2.27. The number of nitrogens with one attached hydrogen (secondary N) is 1. The molecule has 3 aromatic rings. The van der Waals surface area contributed by atoms with E-state index in [1.54, 1.807) is 49.4 Å². The van der Waals surface area contributed by atoms with Gasteiger partial charge in [0.2, 0.25) is 5.91 Å². The number of anilines is 1. The maximum Gasteiger partial charge on any atom is 0.255 e. The van der Waals surface area contributed by atoms with Gasteiger partial charge in [-0.1, -0.05) is 41.9 Å². The van der Waals surface area contributed by atoms with Crippen LogP contribution in [0.15, 0.2) is 71.6 Å². The Bertz CT molecular complexity index is 1140. The van der Waals surface area contributed by atoms with E-state index in [2.05, 4.69) is 5.32 Å². The number of halogens is 1. The van der Waals surface area contributed by atoms with Gasteiger partial charge < -0.3 is 19.7 Å². The van der Waals surface area contributed by atoms with Crippen molar-refractivity contribution in [2.24, 2.45) is 0 Å². The van der Waals surface area contributed by atoms with Gasteiger partial charge in [-0.05, 0) is 35.9 Å². The van der Waals surface area contributed by atoms with Crippen molar-refractivity contribution in [3.05, 3.63) is 82.9 Å². The molecule has 0 atom stereocenters. The third-order valence-corrected chi connectivity index (χ3v) is 6.30. The number of carbonyl (C=O) groups is 2. The lowest BCUT2D eigenvalue weighted by atomic mass is 10.1. The zero-order valence-corrected chi connectivity index (χ0v) is 20.2. The highest BCUT2D eigenvalue weighted by Crippen LogP contribution is 2.30. The zero-order chi connectivity index (χ0) is 23.8. The SMILES string of the molecule is COc1ccc(NC(=O)CSc2ccccc2C(=O)N(C)Cc2ccccc2Cl)cc1OC. The molecule has 6 nitrogen and oxygen atoms in total. The predicted molar refractivity (Wildman–Crippen MR) is 133 cm³/mol. The Hall–Kier alpha value is -3.16. The summed E-state index contributed by atoms with van der Waals surface area (Å²) < 4.78 is 10.5. The molecule has 0 saturated carbocycles. The van der Waals surface area contributed by atoms with Crippen LogP contribution in [0.2, 0.25) is 5.02 Å². The Kier molecular flexibility index (Phi) is 8.63. The molecule has 8 heteroatoms. The highest BCUT2D eigenvalue weighted by Gasteiger charge is 2.18. The summed E-state index contributed by atoms with van der Waals surface area (Å²) in [6, 6.07) is 19.9. The Morgan fingerprint density at radius 1 is 0.970 bits per heavy atom. The van der Waals surface area contributed by atoms with Gasteiger partial charge in [0.05, 0.1) is 25.5 Å². The summed E-state index contributed by atoms with van der Waals surface area (Å²) in [7, 11) is 4.82. The first-order valence-electron chi connectivity index (χ1n) is 10.2. The van der Waals surface area contributed by atoms with Crippen LogP contribution in [0.25, 0.3) is 0 Å². The van der Waals surface area contributed by atoms with E-state index in [4.69, 9.17) is 21.1 Å². The molecule has 3 rings (SSSR count). The number of hydrogen-bond acceptors (Lipinski definition) is 5. The average Bonchev–Trinajstić information content (AvgIpc) is 2.83. The number of carbonyl (C=O) groups excluding carboxylic acids is 2. The first-order chi connectivity index (χ1) is 15.9. The van der Waals surface area contributed by atoms with E-state index < -0.39 is 0 Å². The lowest BCUT2D eigenvalue weighted by Gasteiger charge is -2.19. The second-order valence-corrected chi connectivity index (χ2v) is 8.58. The molecular formula is C25H25ClN2O4S. The molecule has 0 aliphatic rings. The number of rotatable bonds is 9. The van der Waals surface area contributed by atoms with Crippen molar-refractivity contribution in [2.45, 2.75) is 11.4 Å². The number of thioether (sulfide) groups is 1. The third-order valence-electron chi connectivity index (χ3n) is 4.86. The fourth-order valence-electron chi connectivity index (χ4n) is 3.18. The highest BCUT2D eigenvalue weighted by atomic mass is 35.5. The summed E-state index contributed by atoms with van der Waals surface area (Å²) in [5, 5.41) is 3.46. The van der Waals surface area contributed by atoms with Crippen molar-refractivity contribution in [1.29, 1.82) is 0 Å². The third kappa shape index (κ3) is 6.43. The maximum absolute atomic E-state index is 13.1. The monoisotopic (exact) mass is 484 g/mol. The number of benzene rings is 3. The van der Waals surface area contributed by atoms with E-state index in [9.17, 15) is 9.59 Å². The molecule has 0 radical (unpaired) electrons. The average molecular weight is 485 g/mol. The topological polar surface area (TPSA) is 67.9 Å². The lowest BCUT2D eigenvalue weighted by molar-refractivity contribution is -0.113. The van der Waals surface area contributed by atoms with Gasteiger partial charge in [0, 0.05) is 35.3 Å². The molecular weight excluding hydrogens is 460 g/mol. The minimum Gasteiger partial charge on any atom is -0.493 e. The van der Waals surface area contributed by atoms with Gasteiger partial charge in [-0.25, -0.2) is 0 Å². The van der Waals surface area contributed by atoms with Crippen molar-refractivity contribution in [3.63, 3.8) is 0 Å². The van der Waals surface area contributed by atoms with Crippen LogP contribution in [0.5, 0.6) is 11.5 Å². The fourth-order valence-corrected chi connectivity index (χ4v) is 4.22. The van der Waals surface area contributed by atoms with Gasteiger partial charge in [-0.15, -0.1) is 11.8 Å². The van der Waals surface area contributed by atoms with Crippen molar-refractivity contribution in [3.8, 4) is 11.5 Å². The van der Waals surface area contributed by atoms with Gasteiger partial charge in [0.1, 0.15) is 0 Å². The van der Waals surface area contributed by atoms with Crippen molar-refractivity contribution < 1.29 is 19.1 Å². The number of amides is 2. The van der Waals surface area contributed by atoms with Crippen molar-refractivity contribution in [1.82, 2.24) is 4.90 Å². The second kappa shape index (κ2) is 11.6. The van der Waals surface area contributed by atoms with E-state index in [1.165, 1.54) is 18.9 Å². The fraction of sp³-hybridized carbons (Fsp3) is 0.200. The van der Waals surface area contributed by atoms with Crippen LogP contribution < -0.4 is 14.8 Å². The van der Waals surface area contributed by atoms with Gasteiger partial charge >= 0.3 is 0 Å². The summed E-state index contributed by atoms with van der Waals surface area (Å²) in [6.45, 7) is 0.386. The van der Waals surface area contributed by atoms with E-state index in [1.807, 2.05) is 36.4 Å². The van der Waals surface area contributed by atoms with Crippen molar-refractivity contribution in [2.75, 3.05) is 32.3 Å². The van der Waals surface area contributed by atoms with Gasteiger partial charge in [-0.3, -0.25) is 9.59 Å². The highest BCUT2D eigenvalue weighted by molar-refractivity contribution is 8.00. The van der Waals surface area contributed by atoms with Crippen LogP contribution in [0.4, 0.5) is 5.69 Å². The van der Waals surface area contributed by atoms with E-state index >= 15 is 0 Å². The van der Waals surface area contributed by atoms with Crippen LogP contribution in [-0.2, 0) is 11.3 Å². The summed E-state index contributed by atoms with van der Waals surface area (Å²) in [5.74, 6) is 0.920. The number of nitrogens with zero attached hydrogens (tertiary/aromatic N) is 1. The molecule has 172 valence electrons. The van der Waals surface area contributed by atoms with E-state index in [0.717, 1.165) is 10.5 Å². The molecule has 0 fully saturated rings. The van der Waals surface area contributed by atoms with E-state index in [0.29, 0.717) is 34.3 Å². The minimum absolute atomic E-state index is 0.140. The molecule has 2 amide bonds. The van der Waals surface area contributed by atoms with Crippen LogP contribution in [0, 0.1) is 0 Å². The Morgan fingerprint density at radius 3 is 2.39 bits per heavy atom. The quantitative estimate of drug-likeness (QED) is 0.414. The largest absolute Gasteiger partial charge is 0.493 e. The molecule has 0 unspecified atom stereocenters. The smallest absolute Gasteiger partial charge is 0.255 e. The summed E-state index contributed by atoms with van der Waals surface area (Å²) in [5.41, 5.74) is 2.01. The molecule has 0 aliphatic carbocycles. The molecule has 0 spiro atoms. The Morgan fingerprint density at radius 2 is 1.67 bits per heavy atom. The second-order valence-electron chi connectivity index (χ2n) is 7.16. The standard InChI is InChI=1S/C25H25ClN2O4S/c1-28(15-17-8-4-6-10-20(17)26)25(30)19-9-5-7-11-23(19)33-16-24(29)27-18-12-13-21(31-2)22(14-18)32-3/h4-14H,15-16H2,1-3H3,(H,27,29). The Labute approximate surface area is 202 Å². The zero-order valence-electron chi connectivity index (χ0n) is 18.6. The van der Waals surface area contributed by atoms with Gasteiger partial charge in [-0.2, -0.15) is 0 Å². The summed E-state index contributed by atoms with van der Waals surface area (Å²) in [6.07, 6.45) is 0. The molecule has 0 saturated heterocycles. The number of methoxy groups -OCH3 is 2. The molecule has 33 heavy (non-hydrogen) atoms. The van der Waals surface area contributed by atoms with Crippen LogP contribution in [0.1, 0.15) is 15.9 Å². The van der Waals surface area contributed by atoms with Crippen LogP contribution >= 0.6 is 23.4 Å². The molecule has 0 bridgehead atoms. The maximum atomic E-state index is 13.1. The first kappa shape index (κ1) is 24.5. The van der Waals surface area contributed by atoms with Crippen molar-refractivity contribution >= 4 is 40.9 Å².